The molecular formula is C17H28N2O2. The van der Waals surface area contributed by atoms with Crippen LogP contribution in [0.4, 0.5) is 0 Å². The molecule has 0 saturated heterocycles. The number of carbonyl (C=O) groups excluding carboxylic acids is 1. The van der Waals surface area contributed by atoms with E-state index in [4.69, 9.17) is 4.74 Å². The highest BCUT2D eigenvalue weighted by molar-refractivity contribution is 5.78. The molecule has 2 unspecified atom stereocenters. The molecule has 0 fully saturated rings. The van der Waals surface area contributed by atoms with Crippen LogP contribution in [0, 0.1) is 6.92 Å². The summed E-state index contributed by atoms with van der Waals surface area (Å²) < 4.78 is 5.68. The Morgan fingerprint density at radius 2 is 1.86 bits per heavy atom. The van der Waals surface area contributed by atoms with Crippen LogP contribution in [0.15, 0.2) is 24.3 Å². The van der Waals surface area contributed by atoms with Gasteiger partial charge in [-0.3, -0.25) is 4.79 Å². The third-order valence-electron chi connectivity index (χ3n) is 3.26. The van der Waals surface area contributed by atoms with Crippen LogP contribution >= 0.6 is 0 Å². The molecule has 0 bridgehead atoms. The van der Waals surface area contributed by atoms with Gasteiger partial charge in [0, 0.05) is 12.1 Å². The summed E-state index contributed by atoms with van der Waals surface area (Å²) >= 11 is 0. The molecule has 21 heavy (non-hydrogen) atoms. The molecule has 1 rings (SSSR count). The highest BCUT2D eigenvalue weighted by Gasteiger charge is 2.08. The maximum Gasteiger partial charge on any atom is 0.234 e. The Labute approximate surface area is 128 Å². The molecule has 0 aliphatic heterocycles. The molecule has 0 heterocycles. The molecule has 4 heteroatoms. The second kappa shape index (κ2) is 9.40. The molecule has 4 nitrogen and oxygen atoms in total. The van der Waals surface area contributed by atoms with Crippen molar-refractivity contribution in [2.24, 2.45) is 0 Å². The number of amides is 1. The van der Waals surface area contributed by atoms with Crippen LogP contribution in [0.1, 0.15) is 39.2 Å². The Morgan fingerprint density at radius 3 is 2.48 bits per heavy atom. The van der Waals surface area contributed by atoms with Gasteiger partial charge in [-0.05, 0) is 39.3 Å². The summed E-state index contributed by atoms with van der Waals surface area (Å²) in [6.07, 6.45) is 2.09. The minimum absolute atomic E-state index is 0.0399. The van der Waals surface area contributed by atoms with Gasteiger partial charge in [0.05, 0.1) is 6.54 Å². The molecular weight excluding hydrogens is 264 g/mol. The van der Waals surface area contributed by atoms with Gasteiger partial charge >= 0.3 is 0 Å². The monoisotopic (exact) mass is 292 g/mol. The molecule has 1 amide bonds. The summed E-state index contributed by atoms with van der Waals surface area (Å²) in [6, 6.07) is 8.33. The molecule has 1 aromatic carbocycles. The van der Waals surface area contributed by atoms with E-state index in [1.165, 1.54) is 5.56 Å². The van der Waals surface area contributed by atoms with E-state index in [0.717, 1.165) is 18.6 Å². The number of hydrogen-bond acceptors (Lipinski definition) is 3. The third kappa shape index (κ3) is 7.71. The molecule has 1 aromatic rings. The molecule has 0 saturated carbocycles. The van der Waals surface area contributed by atoms with Crippen LogP contribution in [-0.2, 0) is 4.79 Å². The average molecular weight is 292 g/mol. The summed E-state index contributed by atoms with van der Waals surface area (Å²) in [5.41, 5.74) is 1.21. The Bertz CT molecular complexity index is 417. The SMILES string of the molecule is CCCC(C)NC(=O)CNC(C)COc1ccc(C)cc1. The fraction of sp³-hybridized carbons (Fsp3) is 0.588. The molecule has 0 aliphatic rings. The van der Waals surface area contributed by atoms with Gasteiger partial charge in [0.2, 0.25) is 5.91 Å². The van der Waals surface area contributed by atoms with Crippen molar-refractivity contribution in [3.05, 3.63) is 29.8 Å². The van der Waals surface area contributed by atoms with Crippen molar-refractivity contribution < 1.29 is 9.53 Å². The van der Waals surface area contributed by atoms with Crippen molar-refractivity contribution in [3.8, 4) is 5.75 Å². The van der Waals surface area contributed by atoms with Gasteiger partial charge in [0.1, 0.15) is 12.4 Å². The normalized spacial score (nSPS) is 13.5. The van der Waals surface area contributed by atoms with Crippen LogP contribution < -0.4 is 15.4 Å². The zero-order valence-electron chi connectivity index (χ0n) is 13.6. The summed E-state index contributed by atoms with van der Waals surface area (Å²) in [4.78, 5) is 11.7. The Kier molecular flexibility index (Phi) is 7.83. The van der Waals surface area contributed by atoms with E-state index in [2.05, 4.69) is 17.6 Å². The van der Waals surface area contributed by atoms with Crippen molar-refractivity contribution in [3.63, 3.8) is 0 Å². The van der Waals surface area contributed by atoms with Gasteiger partial charge in [0.15, 0.2) is 0 Å². The first-order valence-corrected chi connectivity index (χ1v) is 7.73. The minimum Gasteiger partial charge on any atom is -0.492 e. The topological polar surface area (TPSA) is 50.4 Å². The van der Waals surface area contributed by atoms with Crippen molar-refractivity contribution in [1.82, 2.24) is 10.6 Å². The molecule has 0 radical (unpaired) electrons. The zero-order valence-corrected chi connectivity index (χ0v) is 13.6. The van der Waals surface area contributed by atoms with Crippen LogP contribution in [0.2, 0.25) is 0 Å². The lowest BCUT2D eigenvalue weighted by Crippen LogP contribution is -2.43. The van der Waals surface area contributed by atoms with E-state index in [1.807, 2.05) is 45.0 Å². The predicted octanol–water partition coefficient (Wildman–Crippen LogP) is 2.66. The van der Waals surface area contributed by atoms with E-state index < -0.39 is 0 Å². The van der Waals surface area contributed by atoms with Crippen molar-refractivity contribution in [2.45, 2.75) is 52.6 Å². The van der Waals surface area contributed by atoms with E-state index in [-0.39, 0.29) is 18.0 Å². The van der Waals surface area contributed by atoms with Gasteiger partial charge < -0.3 is 15.4 Å². The van der Waals surface area contributed by atoms with Crippen LogP contribution in [0.25, 0.3) is 0 Å². The van der Waals surface area contributed by atoms with Crippen molar-refractivity contribution in [2.75, 3.05) is 13.2 Å². The second-order valence-corrected chi connectivity index (χ2v) is 5.66. The highest BCUT2D eigenvalue weighted by atomic mass is 16.5. The summed E-state index contributed by atoms with van der Waals surface area (Å²) in [6.45, 7) is 9.08. The number of carbonyl (C=O) groups is 1. The Balaban J connectivity index is 2.20. The predicted molar refractivity (Wildman–Crippen MR) is 86.7 cm³/mol. The maximum atomic E-state index is 11.7. The molecule has 0 spiro atoms. The number of ether oxygens (including phenoxy) is 1. The second-order valence-electron chi connectivity index (χ2n) is 5.66. The number of hydrogen-bond donors (Lipinski definition) is 2. The average Bonchev–Trinajstić information content (AvgIpc) is 2.44. The fourth-order valence-electron chi connectivity index (χ4n) is 2.01. The third-order valence-corrected chi connectivity index (χ3v) is 3.26. The molecule has 0 aromatic heterocycles. The van der Waals surface area contributed by atoms with E-state index in [0.29, 0.717) is 13.2 Å². The van der Waals surface area contributed by atoms with Crippen LogP contribution in [0.5, 0.6) is 5.75 Å². The number of rotatable bonds is 9. The van der Waals surface area contributed by atoms with Crippen molar-refractivity contribution >= 4 is 5.91 Å². The van der Waals surface area contributed by atoms with E-state index >= 15 is 0 Å². The first-order valence-electron chi connectivity index (χ1n) is 7.73. The molecule has 118 valence electrons. The summed E-state index contributed by atoms with van der Waals surface area (Å²) in [5, 5.41) is 6.15. The highest BCUT2D eigenvalue weighted by Crippen LogP contribution is 2.11. The quantitative estimate of drug-likeness (QED) is 0.735. The Hall–Kier alpha value is -1.55. The van der Waals surface area contributed by atoms with Crippen molar-refractivity contribution in [1.29, 1.82) is 0 Å². The lowest BCUT2D eigenvalue weighted by Gasteiger charge is -2.17. The largest absolute Gasteiger partial charge is 0.492 e. The minimum atomic E-state index is 0.0399. The first kappa shape index (κ1) is 17.5. The molecule has 0 aliphatic carbocycles. The number of nitrogens with one attached hydrogen (secondary N) is 2. The van der Waals surface area contributed by atoms with E-state index in [1.54, 1.807) is 0 Å². The fourth-order valence-corrected chi connectivity index (χ4v) is 2.01. The standard InChI is InChI=1S/C17H28N2O2/c1-5-6-14(3)19-17(20)11-18-15(4)12-21-16-9-7-13(2)8-10-16/h7-10,14-15,18H,5-6,11-12H2,1-4H3,(H,19,20). The number of benzene rings is 1. The van der Waals surface area contributed by atoms with E-state index in [9.17, 15) is 4.79 Å². The summed E-state index contributed by atoms with van der Waals surface area (Å²) in [7, 11) is 0. The van der Waals surface area contributed by atoms with Gasteiger partial charge in [-0.2, -0.15) is 0 Å². The van der Waals surface area contributed by atoms with Crippen LogP contribution in [0.3, 0.4) is 0 Å². The summed E-state index contributed by atoms with van der Waals surface area (Å²) in [5.74, 6) is 0.897. The molecule has 2 atom stereocenters. The molecule has 2 N–H and O–H groups in total. The lowest BCUT2D eigenvalue weighted by molar-refractivity contribution is -0.121. The van der Waals surface area contributed by atoms with Gasteiger partial charge in [-0.1, -0.05) is 31.0 Å². The maximum absolute atomic E-state index is 11.7. The van der Waals surface area contributed by atoms with Gasteiger partial charge in [0.25, 0.3) is 0 Å². The first-order chi connectivity index (χ1) is 10.0. The van der Waals surface area contributed by atoms with Crippen LogP contribution in [-0.4, -0.2) is 31.1 Å². The lowest BCUT2D eigenvalue weighted by atomic mass is 10.2. The Morgan fingerprint density at radius 1 is 1.19 bits per heavy atom. The van der Waals surface area contributed by atoms with Gasteiger partial charge in [-0.25, -0.2) is 0 Å². The smallest absolute Gasteiger partial charge is 0.234 e. The van der Waals surface area contributed by atoms with Gasteiger partial charge in [-0.15, -0.1) is 0 Å². The zero-order chi connectivity index (χ0) is 15.7. The number of aryl methyl sites for hydroxylation is 1.